The zero-order chi connectivity index (χ0) is 15.6. The van der Waals surface area contributed by atoms with E-state index >= 15 is 0 Å². The molecule has 0 aliphatic rings. The van der Waals surface area contributed by atoms with Gasteiger partial charge in [-0.3, -0.25) is 9.59 Å². The first-order valence-corrected chi connectivity index (χ1v) is 7.98. The maximum absolute atomic E-state index is 10.0. The molecule has 5 heteroatoms. The second-order valence-electron chi connectivity index (χ2n) is 5.12. The van der Waals surface area contributed by atoms with Crippen LogP contribution in [0, 0.1) is 0 Å². The van der Waals surface area contributed by atoms with E-state index in [1.54, 1.807) is 0 Å². The molecule has 0 saturated heterocycles. The van der Waals surface area contributed by atoms with Gasteiger partial charge in [-0.25, -0.2) is 0 Å². The molecule has 2 radical (unpaired) electrons. The summed E-state index contributed by atoms with van der Waals surface area (Å²) in [7, 11) is 0. The zero-order valence-electron chi connectivity index (χ0n) is 13.9. The molecule has 4 nitrogen and oxygen atoms in total. The van der Waals surface area contributed by atoms with Crippen molar-refractivity contribution in [3.05, 3.63) is 0 Å². The van der Waals surface area contributed by atoms with Gasteiger partial charge in [0, 0.05) is 61.7 Å². The maximum Gasteiger partial charge on any atom is 0.303 e. The Labute approximate surface area is 170 Å². The summed E-state index contributed by atoms with van der Waals surface area (Å²) in [5.74, 6) is -1.34. The average molecular weight is 426 g/mol. The van der Waals surface area contributed by atoms with Gasteiger partial charge in [-0.15, -0.1) is 0 Å². The molecule has 21 heavy (non-hydrogen) atoms. The molecule has 0 fully saturated rings. The summed E-state index contributed by atoms with van der Waals surface area (Å²) in [6.07, 6.45) is 11.8. The molecule has 0 atom stereocenters. The van der Waals surface area contributed by atoms with Gasteiger partial charge in [-0.1, -0.05) is 65.2 Å². The van der Waals surface area contributed by atoms with E-state index < -0.39 is 11.9 Å². The minimum atomic E-state index is -0.670. The van der Waals surface area contributed by atoms with Crippen LogP contribution >= 0.6 is 0 Å². The van der Waals surface area contributed by atoms with Crippen LogP contribution in [0.4, 0.5) is 0 Å². The summed E-state index contributed by atoms with van der Waals surface area (Å²) in [4.78, 5) is 20.1. The van der Waals surface area contributed by atoms with Gasteiger partial charge in [0.25, 0.3) is 0 Å². The monoisotopic (exact) mass is 426 g/mol. The standard InChI is InChI=1S/2C8H16O2.Ba/c2*1-2-3-4-5-6-7-8(9)10;/h2*2-7H2,1H3,(H,9,10);. The van der Waals surface area contributed by atoms with Gasteiger partial charge in [0.2, 0.25) is 0 Å². The number of hydrogen-bond donors (Lipinski definition) is 2. The largest absolute Gasteiger partial charge is 0.481 e. The first kappa shape index (κ1) is 26.4. The van der Waals surface area contributed by atoms with E-state index in [-0.39, 0.29) is 48.9 Å². The molecule has 122 valence electrons. The molecule has 0 aliphatic carbocycles. The molecule has 0 aromatic heterocycles. The van der Waals surface area contributed by atoms with Crippen molar-refractivity contribution in [1.82, 2.24) is 0 Å². The summed E-state index contributed by atoms with van der Waals surface area (Å²) in [5.41, 5.74) is 0. The quantitative estimate of drug-likeness (QED) is 0.357. The van der Waals surface area contributed by atoms with Crippen LogP contribution in [0.3, 0.4) is 0 Å². The predicted octanol–water partition coefficient (Wildman–Crippen LogP) is 4.48. The summed E-state index contributed by atoms with van der Waals surface area (Å²) in [6, 6.07) is 0. The van der Waals surface area contributed by atoms with Crippen LogP contribution in [-0.4, -0.2) is 71.0 Å². The predicted molar refractivity (Wildman–Crippen MR) is 87.8 cm³/mol. The molecule has 0 amide bonds. The van der Waals surface area contributed by atoms with Crippen molar-refractivity contribution >= 4 is 60.8 Å². The molecule has 0 saturated carbocycles. The number of aliphatic carboxylic acids is 2. The Kier molecular flexibility index (Phi) is 28.7. The van der Waals surface area contributed by atoms with Gasteiger partial charge < -0.3 is 10.2 Å². The third-order valence-electron chi connectivity index (χ3n) is 2.99. The van der Waals surface area contributed by atoms with Crippen molar-refractivity contribution in [3.63, 3.8) is 0 Å². The molecule has 0 aromatic rings. The van der Waals surface area contributed by atoms with Gasteiger partial charge in [-0.2, -0.15) is 0 Å². The smallest absolute Gasteiger partial charge is 0.303 e. The normalized spacial score (nSPS) is 9.24. The number of hydrogen-bond acceptors (Lipinski definition) is 2. The molecule has 0 aromatic carbocycles. The summed E-state index contributed by atoms with van der Waals surface area (Å²) < 4.78 is 0. The van der Waals surface area contributed by atoms with Crippen molar-refractivity contribution in [2.45, 2.75) is 90.9 Å². The summed E-state index contributed by atoms with van der Waals surface area (Å²) >= 11 is 0. The third-order valence-corrected chi connectivity index (χ3v) is 2.99. The second kappa shape index (κ2) is 22.8. The van der Waals surface area contributed by atoms with Gasteiger partial charge in [0.05, 0.1) is 0 Å². The first-order chi connectivity index (χ1) is 9.54. The molecule has 2 N–H and O–H groups in total. The Balaban J connectivity index is -0.000000295. The Morgan fingerprint density at radius 2 is 0.905 bits per heavy atom. The van der Waals surface area contributed by atoms with Gasteiger partial charge in [0.1, 0.15) is 0 Å². The van der Waals surface area contributed by atoms with Gasteiger partial charge in [-0.05, 0) is 12.8 Å². The fraction of sp³-hybridized carbons (Fsp3) is 0.875. The van der Waals surface area contributed by atoms with Crippen LogP contribution in [-0.2, 0) is 9.59 Å². The minimum absolute atomic E-state index is 0. The number of carboxylic acids is 2. The Bertz CT molecular complexity index is 208. The van der Waals surface area contributed by atoms with Crippen LogP contribution in [0.1, 0.15) is 90.9 Å². The zero-order valence-corrected chi connectivity index (χ0v) is 18.3. The SMILES string of the molecule is CCCCCCCC(=O)O.CCCCCCCC(=O)O.[Ba]. The van der Waals surface area contributed by atoms with Gasteiger partial charge in [0.15, 0.2) is 0 Å². The van der Waals surface area contributed by atoms with E-state index in [1.165, 1.54) is 38.5 Å². The Morgan fingerprint density at radius 3 is 1.14 bits per heavy atom. The van der Waals surface area contributed by atoms with E-state index in [4.69, 9.17) is 10.2 Å². The molecule has 0 spiro atoms. The van der Waals surface area contributed by atoms with Gasteiger partial charge >= 0.3 is 11.9 Å². The number of carboxylic acid groups (broad SMARTS) is 2. The summed E-state index contributed by atoms with van der Waals surface area (Å²) in [5, 5.41) is 16.5. The Morgan fingerprint density at radius 1 is 0.619 bits per heavy atom. The Hall–Kier alpha value is 0.511. The molecule has 0 aliphatic heterocycles. The topological polar surface area (TPSA) is 74.6 Å². The molecular formula is C16H32BaO4. The van der Waals surface area contributed by atoms with E-state index in [2.05, 4.69) is 13.8 Å². The van der Waals surface area contributed by atoms with Crippen molar-refractivity contribution in [1.29, 1.82) is 0 Å². The average Bonchev–Trinajstić information content (AvgIpc) is 2.38. The number of carbonyl (C=O) groups is 2. The van der Waals surface area contributed by atoms with Crippen LogP contribution in [0.15, 0.2) is 0 Å². The van der Waals surface area contributed by atoms with E-state index in [0.717, 1.165) is 25.7 Å². The second-order valence-corrected chi connectivity index (χ2v) is 5.12. The maximum atomic E-state index is 10.0. The molecule has 0 bridgehead atoms. The van der Waals surface area contributed by atoms with Crippen molar-refractivity contribution in [2.24, 2.45) is 0 Å². The van der Waals surface area contributed by atoms with Crippen molar-refractivity contribution < 1.29 is 19.8 Å². The molecule has 0 rings (SSSR count). The van der Waals surface area contributed by atoms with Crippen molar-refractivity contribution in [2.75, 3.05) is 0 Å². The van der Waals surface area contributed by atoms with Crippen LogP contribution in [0.5, 0.6) is 0 Å². The minimum Gasteiger partial charge on any atom is -0.481 e. The van der Waals surface area contributed by atoms with E-state index in [0.29, 0.717) is 12.8 Å². The number of unbranched alkanes of at least 4 members (excludes halogenated alkanes) is 8. The molecule has 0 heterocycles. The van der Waals surface area contributed by atoms with E-state index in [1.807, 2.05) is 0 Å². The fourth-order valence-corrected chi connectivity index (χ4v) is 1.76. The van der Waals surface area contributed by atoms with Crippen LogP contribution < -0.4 is 0 Å². The number of rotatable bonds is 12. The van der Waals surface area contributed by atoms with Crippen LogP contribution in [0.25, 0.3) is 0 Å². The van der Waals surface area contributed by atoms with Crippen molar-refractivity contribution in [3.8, 4) is 0 Å². The molecular weight excluding hydrogens is 394 g/mol. The first-order valence-electron chi connectivity index (χ1n) is 7.98. The van der Waals surface area contributed by atoms with Crippen LogP contribution in [0.2, 0.25) is 0 Å². The van der Waals surface area contributed by atoms with E-state index in [9.17, 15) is 9.59 Å². The molecule has 0 unspecified atom stereocenters. The summed E-state index contributed by atoms with van der Waals surface area (Å²) in [6.45, 7) is 4.30. The fourth-order valence-electron chi connectivity index (χ4n) is 1.76. The third kappa shape index (κ3) is 33.4.